The maximum Gasteiger partial charge on any atom is 0.145 e. The number of methoxy groups -OCH3 is 1. The van der Waals surface area contributed by atoms with Crippen molar-refractivity contribution in [3.8, 4) is 16.3 Å². The zero-order valence-electron chi connectivity index (χ0n) is 7.73. The van der Waals surface area contributed by atoms with Crippen molar-refractivity contribution in [3.05, 3.63) is 29.8 Å². The molecule has 0 atom stereocenters. The van der Waals surface area contributed by atoms with Crippen LogP contribution in [0.3, 0.4) is 0 Å². The van der Waals surface area contributed by atoms with E-state index >= 15 is 0 Å². The summed E-state index contributed by atoms with van der Waals surface area (Å²) in [7, 11) is 1.60. The molecular weight excluding hydrogens is 196 g/mol. The van der Waals surface area contributed by atoms with Gasteiger partial charge in [-0.2, -0.15) is 0 Å². The number of hydrogen-bond acceptors (Lipinski definition) is 4. The Hall–Kier alpha value is -1.55. The van der Waals surface area contributed by atoms with Crippen LogP contribution in [0, 0.1) is 0 Å². The maximum atomic E-state index is 5.67. The van der Waals surface area contributed by atoms with E-state index in [2.05, 4.69) is 4.98 Å². The van der Waals surface area contributed by atoms with Crippen molar-refractivity contribution >= 4 is 17.0 Å². The van der Waals surface area contributed by atoms with Crippen LogP contribution in [-0.4, -0.2) is 12.1 Å². The summed E-state index contributed by atoms with van der Waals surface area (Å²) in [4.78, 5) is 5.35. The van der Waals surface area contributed by atoms with Gasteiger partial charge in [-0.05, 0) is 11.4 Å². The van der Waals surface area contributed by atoms with Crippen molar-refractivity contribution in [1.29, 1.82) is 0 Å². The maximum absolute atomic E-state index is 5.67. The molecular formula is C10H10N2OS. The minimum atomic E-state index is 0.563. The number of rotatable bonds is 2. The van der Waals surface area contributed by atoms with Gasteiger partial charge in [-0.15, -0.1) is 11.3 Å². The molecule has 3 nitrogen and oxygen atoms in total. The van der Waals surface area contributed by atoms with E-state index in [-0.39, 0.29) is 0 Å². The van der Waals surface area contributed by atoms with Crippen molar-refractivity contribution in [2.45, 2.75) is 0 Å². The van der Waals surface area contributed by atoms with Crippen LogP contribution in [-0.2, 0) is 0 Å². The third-order valence-electron chi connectivity index (χ3n) is 1.89. The van der Waals surface area contributed by atoms with E-state index in [9.17, 15) is 0 Å². The molecule has 0 radical (unpaired) electrons. The van der Waals surface area contributed by atoms with Gasteiger partial charge in [-0.1, -0.05) is 6.07 Å². The third kappa shape index (κ3) is 1.56. The van der Waals surface area contributed by atoms with Crippen molar-refractivity contribution in [2.75, 3.05) is 12.8 Å². The topological polar surface area (TPSA) is 48.1 Å². The van der Waals surface area contributed by atoms with Gasteiger partial charge in [-0.25, -0.2) is 0 Å². The summed E-state index contributed by atoms with van der Waals surface area (Å²) in [6.45, 7) is 0. The Morgan fingerprint density at radius 1 is 1.50 bits per heavy atom. The van der Waals surface area contributed by atoms with E-state index in [1.807, 2.05) is 23.6 Å². The summed E-state index contributed by atoms with van der Waals surface area (Å²) in [6.07, 6.45) is 1.62. The number of thiophene rings is 1. The molecule has 0 saturated heterocycles. The van der Waals surface area contributed by atoms with Gasteiger partial charge in [0.25, 0.3) is 0 Å². The molecule has 72 valence electrons. The first-order chi connectivity index (χ1) is 6.81. The Balaban J connectivity index is 2.46. The van der Waals surface area contributed by atoms with Crippen LogP contribution >= 0.6 is 11.3 Å². The molecule has 0 fully saturated rings. The van der Waals surface area contributed by atoms with Crippen LogP contribution in [0.25, 0.3) is 10.6 Å². The van der Waals surface area contributed by atoms with Gasteiger partial charge >= 0.3 is 0 Å². The van der Waals surface area contributed by atoms with E-state index in [1.165, 1.54) is 0 Å². The van der Waals surface area contributed by atoms with Gasteiger partial charge in [0.2, 0.25) is 0 Å². The number of nitrogens with two attached hydrogens (primary N) is 1. The van der Waals surface area contributed by atoms with Gasteiger partial charge < -0.3 is 10.5 Å². The summed E-state index contributed by atoms with van der Waals surface area (Å²) in [5, 5.41) is 2.01. The molecule has 0 bridgehead atoms. The smallest absolute Gasteiger partial charge is 0.145 e. The Morgan fingerprint density at radius 2 is 2.36 bits per heavy atom. The number of nitrogens with zero attached hydrogens (tertiary/aromatic N) is 1. The predicted octanol–water partition coefficient (Wildman–Crippen LogP) is 2.40. The number of ether oxygens (including phenoxy) is 1. The molecule has 2 rings (SSSR count). The molecule has 4 heteroatoms. The second kappa shape index (κ2) is 3.67. The van der Waals surface area contributed by atoms with Gasteiger partial charge in [0, 0.05) is 6.07 Å². The molecule has 2 aromatic rings. The Labute approximate surface area is 86.2 Å². The molecule has 0 aliphatic rings. The SMILES string of the molecule is COc1cc(-c2cccs2)ncc1N. The second-order valence-electron chi connectivity index (χ2n) is 2.79. The number of pyridine rings is 1. The fraction of sp³-hybridized carbons (Fsp3) is 0.100. The minimum Gasteiger partial charge on any atom is -0.494 e. The molecule has 14 heavy (non-hydrogen) atoms. The first-order valence-corrected chi connectivity index (χ1v) is 5.02. The van der Waals surface area contributed by atoms with E-state index < -0.39 is 0 Å². The average Bonchev–Trinajstić information content (AvgIpc) is 2.71. The Kier molecular flexibility index (Phi) is 2.37. The zero-order valence-corrected chi connectivity index (χ0v) is 8.54. The Morgan fingerprint density at radius 3 is 3.00 bits per heavy atom. The summed E-state index contributed by atoms with van der Waals surface area (Å²) >= 11 is 1.64. The Bertz CT molecular complexity index is 426. The van der Waals surface area contributed by atoms with Crippen LogP contribution in [0.5, 0.6) is 5.75 Å². The number of hydrogen-bond donors (Lipinski definition) is 1. The molecule has 0 saturated carbocycles. The lowest BCUT2D eigenvalue weighted by Crippen LogP contribution is -1.94. The molecule has 0 spiro atoms. The molecule has 2 N–H and O–H groups in total. The van der Waals surface area contributed by atoms with Gasteiger partial charge in [-0.3, -0.25) is 4.98 Å². The van der Waals surface area contributed by atoms with E-state index in [0.717, 1.165) is 10.6 Å². The first kappa shape index (κ1) is 9.02. The highest BCUT2D eigenvalue weighted by Gasteiger charge is 2.04. The molecule has 0 amide bonds. The largest absolute Gasteiger partial charge is 0.494 e. The van der Waals surface area contributed by atoms with Crippen LogP contribution in [0.2, 0.25) is 0 Å². The molecule has 0 aliphatic heterocycles. The normalized spacial score (nSPS) is 10.1. The summed E-state index contributed by atoms with van der Waals surface area (Å²) in [6, 6.07) is 5.86. The fourth-order valence-electron chi connectivity index (χ4n) is 1.18. The van der Waals surface area contributed by atoms with Crippen molar-refractivity contribution in [2.24, 2.45) is 0 Å². The van der Waals surface area contributed by atoms with Crippen molar-refractivity contribution in [1.82, 2.24) is 4.98 Å². The highest BCUT2D eigenvalue weighted by atomic mass is 32.1. The van der Waals surface area contributed by atoms with Gasteiger partial charge in [0.1, 0.15) is 5.75 Å². The lowest BCUT2D eigenvalue weighted by molar-refractivity contribution is 0.416. The van der Waals surface area contributed by atoms with Crippen LogP contribution < -0.4 is 10.5 Å². The number of anilines is 1. The molecule has 0 aliphatic carbocycles. The molecule has 0 unspecified atom stereocenters. The molecule has 2 aromatic heterocycles. The lowest BCUT2D eigenvalue weighted by Gasteiger charge is -2.04. The monoisotopic (exact) mass is 206 g/mol. The van der Waals surface area contributed by atoms with Gasteiger partial charge in [0.15, 0.2) is 0 Å². The van der Waals surface area contributed by atoms with Crippen LogP contribution in [0.1, 0.15) is 0 Å². The van der Waals surface area contributed by atoms with E-state index in [0.29, 0.717) is 11.4 Å². The van der Waals surface area contributed by atoms with Crippen LogP contribution in [0.15, 0.2) is 29.8 Å². The lowest BCUT2D eigenvalue weighted by atomic mass is 10.3. The van der Waals surface area contributed by atoms with E-state index in [1.54, 1.807) is 24.6 Å². The molecule has 2 heterocycles. The highest BCUT2D eigenvalue weighted by Crippen LogP contribution is 2.28. The number of aromatic nitrogens is 1. The summed E-state index contributed by atoms with van der Waals surface area (Å²) in [5.74, 6) is 0.670. The van der Waals surface area contributed by atoms with Crippen molar-refractivity contribution in [3.63, 3.8) is 0 Å². The zero-order chi connectivity index (χ0) is 9.97. The standard InChI is InChI=1S/C10H10N2OS/c1-13-9-5-8(12-6-7(9)11)10-3-2-4-14-10/h2-6H,11H2,1H3. The summed E-state index contributed by atoms with van der Waals surface area (Å²) in [5.41, 5.74) is 7.13. The van der Waals surface area contributed by atoms with Gasteiger partial charge in [0.05, 0.1) is 29.6 Å². The minimum absolute atomic E-state index is 0.563. The number of nitrogen functional groups attached to an aromatic ring is 1. The summed E-state index contributed by atoms with van der Waals surface area (Å²) < 4.78 is 5.12. The predicted molar refractivity (Wildman–Crippen MR) is 58.5 cm³/mol. The third-order valence-corrected chi connectivity index (χ3v) is 2.78. The van der Waals surface area contributed by atoms with Crippen molar-refractivity contribution < 1.29 is 4.74 Å². The molecule has 0 aromatic carbocycles. The van der Waals surface area contributed by atoms with Crippen LogP contribution in [0.4, 0.5) is 5.69 Å². The average molecular weight is 206 g/mol. The highest BCUT2D eigenvalue weighted by molar-refractivity contribution is 7.13. The fourth-order valence-corrected chi connectivity index (χ4v) is 1.88. The second-order valence-corrected chi connectivity index (χ2v) is 3.74. The quantitative estimate of drug-likeness (QED) is 0.820. The first-order valence-electron chi connectivity index (χ1n) is 4.14. The van der Waals surface area contributed by atoms with E-state index in [4.69, 9.17) is 10.5 Å².